The lowest BCUT2D eigenvalue weighted by atomic mass is 10.2. The van der Waals surface area contributed by atoms with Gasteiger partial charge in [0.15, 0.2) is 0 Å². The van der Waals surface area contributed by atoms with Crippen LogP contribution in [-0.2, 0) is 19.1 Å². The summed E-state index contributed by atoms with van der Waals surface area (Å²) in [5.41, 5.74) is 0.993. The van der Waals surface area contributed by atoms with Gasteiger partial charge in [-0.2, -0.15) is 8.42 Å². The van der Waals surface area contributed by atoms with E-state index in [1.807, 2.05) is 6.92 Å². The highest BCUT2D eigenvalue weighted by atomic mass is 32.2. The molecular weight excluding hydrogens is 266 g/mol. The minimum Gasteiger partial charge on any atom is -0.353 e. The molecule has 2 rings (SSSR count). The molecule has 1 aliphatic heterocycles. The van der Waals surface area contributed by atoms with Gasteiger partial charge in [0.1, 0.15) is 0 Å². The van der Waals surface area contributed by atoms with Gasteiger partial charge < -0.3 is 5.32 Å². The van der Waals surface area contributed by atoms with Crippen LogP contribution in [0.1, 0.15) is 24.8 Å². The van der Waals surface area contributed by atoms with E-state index in [9.17, 15) is 13.2 Å². The molecule has 1 fully saturated rings. The van der Waals surface area contributed by atoms with E-state index in [0.29, 0.717) is 12.8 Å². The van der Waals surface area contributed by atoms with Gasteiger partial charge in [-0.3, -0.25) is 8.98 Å². The van der Waals surface area contributed by atoms with Crippen LogP contribution in [0.5, 0.6) is 0 Å². The van der Waals surface area contributed by atoms with Gasteiger partial charge in [0.25, 0.3) is 10.1 Å². The van der Waals surface area contributed by atoms with E-state index in [2.05, 4.69) is 5.32 Å². The van der Waals surface area contributed by atoms with Gasteiger partial charge in [0.05, 0.1) is 11.5 Å². The third kappa shape index (κ3) is 3.78. The Bertz CT molecular complexity index is 551. The van der Waals surface area contributed by atoms with E-state index in [0.717, 1.165) is 12.0 Å². The lowest BCUT2D eigenvalue weighted by molar-refractivity contribution is -0.119. The van der Waals surface area contributed by atoms with Gasteiger partial charge in [0, 0.05) is 12.5 Å². The largest absolute Gasteiger partial charge is 0.353 e. The predicted octanol–water partition coefficient (Wildman–Crippen LogP) is 1.37. The second-order valence-corrected chi connectivity index (χ2v) is 6.30. The van der Waals surface area contributed by atoms with Crippen molar-refractivity contribution >= 4 is 16.0 Å². The molecule has 6 heteroatoms. The first-order valence-electron chi connectivity index (χ1n) is 6.23. The fraction of sp³-hybridized carbons (Fsp3) is 0.462. The van der Waals surface area contributed by atoms with Crippen molar-refractivity contribution in [1.82, 2.24) is 5.32 Å². The zero-order chi connectivity index (χ0) is 13.9. The van der Waals surface area contributed by atoms with Crippen molar-refractivity contribution in [3.63, 3.8) is 0 Å². The van der Waals surface area contributed by atoms with Crippen molar-refractivity contribution in [1.29, 1.82) is 0 Å². The van der Waals surface area contributed by atoms with Crippen LogP contribution in [0.3, 0.4) is 0 Å². The summed E-state index contributed by atoms with van der Waals surface area (Å²) < 4.78 is 28.7. The summed E-state index contributed by atoms with van der Waals surface area (Å²) in [4.78, 5) is 11.2. The summed E-state index contributed by atoms with van der Waals surface area (Å²) in [6.07, 6.45) is 1.76. The van der Waals surface area contributed by atoms with Crippen LogP contribution >= 0.6 is 0 Å². The van der Waals surface area contributed by atoms with Gasteiger partial charge >= 0.3 is 0 Å². The number of hydrogen-bond donors (Lipinski definition) is 1. The Morgan fingerprint density at radius 1 is 1.32 bits per heavy atom. The van der Waals surface area contributed by atoms with Crippen LogP contribution in [0.25, 0.3) is 0 Å². The molecule has 0 radical (unpaired) electrons. The number of rotatable bonds is 5. The molecule has 1 atom stereocenters. The van der Waals surface area contributed by atoms with E-state index >= 15 is 0 Å². The number of carbonyl (C=O) groups is 1. The zero-order valence-corrected chi connectivity index (χ0v) is 11.6. The first-order chi connectivity index (χ1) is 8.97. The summed E-state index contributed by atoms with van der Waals surface area (Å²) >= 11 is 0. The average molecular weight is 283 g/mol. The lowest BCUT2D eigenvalue weighted by Gasteiger charge is -2.10. The zero-order valence-electron chi connectivity index (χ0n) is 10.8. The number of carbonyl (C=O) groups excluding carboxylic acids is 1. The maximum Gasteiger partial charge on any atom is 0.296 e. The molecule has 5 nitrogen and oxygen atoms in total. The second kappa shape index (κ2) is 5.71. The molecule has 1 aromatic rings. The minimum atomic E-state index is -3.69. The van der Waals surface area contributed by atoms with Crippen LogP contribution < -0.4 is 5.32 Å². The van der Waals surface area contributed by atoms with Gasteiger partial charge in [-0.1, -0.05) is 17.7 Å². The first kappa shape index (κ1) is 14.0. The number of nitrogens with one attached hydrogen (secondary N) is 1. The molecule has 1 aromatic carbocycles. The van der Waals surface area contributed by atoms with Crippen molar-refractivity contribution in [2.45, 2.75) is 37.1 Å². The van der Waals surface area contributed by atoms with Crippen molar-refractivity contribution in [2.75, 3.05) is 6.61 Å². The normalized spacial score (nSPS) is 19.4. The van der Waals surface area contributed by atoms with Crippen LogP contribution in [-0.4, -0.2) is 27.0 Å². The van der Waals surface area contributed by atoms with Crippen molar-refractivity contribution in [2.24, 2.45) is 0 Å². The standard InChI is InChI=1S/C13H17NO4S/c1-10-2-5-12(6-3-10)19(16,17)18-9-8-11-4-7-13(15)14-11/h2-3,5-6,11H,4,7-9H2,1H3,(H,14,15). The van der Waals surface area contributed by atoms with Crippen LogP contribution in [0.4, 0.5) is 0 Å². The number of benzene rings is 1. The summed E-state index contributed by atoms with van der Waals surface area (Å²) in [7, 11) is -3.69. The number of aryl methyl sites for hydroxylation is 1. The minimum absolute atomic E-state index is 0.0198. The van der Waals surface area contributed by atoms with Gasteiger partial charge in [-0.25, -0.2) is 0 Å². The van der Waals surface area contributed by atoms with Crippen LogP contribution in [0, 0.1) is 6.92 Å². The molecule has 19 heavy (non-hydrogen) atoms. The molecule has 0 aromatic heterocycles. The Kier molecular flexibility index (Phi) is 4.21. The fourth-order valence-electron chi connectivity index (χ4n) is 1.97. The molecule has 1 unspecified atom stereocenters. The lowest BCUT2D eigenvalue weighted by Crippen LogP contribution is -2.26. The highest BCUT2D eigenvalue weighted by Crippen LogP contribution is 2.15. The Balaban J connectivity index is 1.87. The quantitative estimate of drug-likeness (QED) is 0.828. The number of hydrogen-bond acceptors (Lipinski definition) is 4. The smallest absolute Gasteiger partial charge is 0.296 e. The first-order valence-corrected chi connectivity index (χ1v) is 7.64. The molecule has 1 N–H and O–H groups in total. The van der Waals surface area contributed by atoms with E-state index in [4.69, 9.17) is 4.18 Å². The van der Waals surface area contributed by atoms with Crippen LogP contribution in [0.15, 0.2) is 29.2 Å². The topological polar surface area (TPSA) is 72.5 Å². The predicted molar refractivity (Wildman–Crippen MR) is 70.1 cm³/mol. The fourth-order valence-corrected chi connectivity index (χ4v) is 2.89. The molecule has 1 aliphatic rings. The van der Waals surface area contributed by atoms with E-state index in [1.165, 1.54) is 12.1 Å². The summed E-state index contributed by atoms with van der Waals surface area (Å²) in [6, 6.07) is 6.55. The summed E-state index contributed by atoms with van der Waals surface area (Å²) in [5.74, 6) is 0.0198. The molecule has 0 aliphatic carbocycles. The van der Waals surface area contributed by atoms with E-state index in [-0.39, 0.29) is 23.5 Å². The third-order valence-corrected chi connectivity index (χ3v) is 4.43. The van der Waals surface area contributed by atoms with Crippen molar-refractivity contribution in [3.05, 3.63) is 29.8 Å². The Labute approximate surface area is 113 Å². The van der Waals surface area contributed by atoms with E-state index in [1.54, 1.807) is 12.1 Å². The maximum absolute atomic E-state index is 11.9. The number of amides is 1. The summed E-state index contributed by atoms with van der Waals surface area (Å²) in [6.45, 7) is 1.97. The third-order valence-electron chi connectivity index (χ3n) is 3.10. The highest BCUT2D eigenvalue weighted by molar-refractivity contribution is 7.86. The molecule has 1 heterocycles. The second-order valence-electron chi connectivity index (χ2n) is 4.68. The van der Waals surface area contributed by atoms with Crippen molar-refractivity contribution in [3.8, 4) is 0 Å². The molecule has 1 amide bonds. The molecule has 1 saturated heterocycles. The molecule has 0 saturated carbocycles. The van der Waals surface area contributed by atoms with Gasteiger partial charge in [-0.15, -0.1) is 0 Å². The SMILES string of the molecule is Cc1ccc(S(=O)(=O)OCCC2CCC(=O)N2)cc1. The highest BCUT2D eigenvalue weighted by Gasteiger charge is 2.22. The van der Waals surface area contributed by atoms with Crippen molar-refractivity contribution < 1.29 is 17.4 Å². The monoisotopic (exact) mass is 283 g/mol. The molecular formula is C13H17NO4S. The van der Waals surface area contributed by atoms with E-state index < -0.39 is 10.1 Å². The van der Waals surface area contributed by atoms with Gasteiger partial charge in [0.2, 0.25) is 5.91 Å². The molecule has 0 bridgehead atoms. The Hall–Kier alpha value is -1.40. The Morgan fingerprint density at radius 3 is 2.58 bits per heavy atom. The Morgan fingerprint density at radius 2 is 2.00 bits per heavy atom. The molecule has 0 spiro atoms. The average Bonchev–Trinajstić information content (AvgIpc) is 2.75. The molecule has 104 valence electrons. The summed E-state index contributed by atoms with van der Waals surface area (Å²) in [5, 5.41) is 2.77. The van der Waals surface area contributed by atoms with Crippen LogP contribution in [0.2, 0.25) is 0 Å². The maximum atomic E-state index is 11.9. The van der Waals surface area contributed by atoms with Gasteiger partial charge in [-0.05, 0) is 31.9 Å².